The molecule has 0 saturated carbocycles. The van der Waals surface area contributed by atoms with Gasteiger partial charge < -0.3 is 10.2 Å². The number of hydrogen-bond donors (Lipinski definition) is 2. The van der Waals surface area contributed by atoms with Gasteiger partial charge in [-0.15, -0.1) is 0 Å². The van der Waals surface area contributed by atoms with Gasteiger partial charge in [-0.3, -0.25) is 9.59 Å². The minimum Gasteiger partial charge on any atom is -0.357 e. The Hall–Kier alpha value is -2.70. The van der Waals surface area contributed by atoms with Crippen molar-refractivity contribution in [1.82, 2.24) is 20.5 Å². The minimum atomic E-state index is -0.213. The zero-order chi connectivity index (χ0) is 20.1. The van der Waals surface area contributed by atoms with Gasteiger partial charge in [0, 0.05) is 37.3 Å². The van der Waals surface area contributed by atoms with Crippen molar-refractivity contribution < 1.29 is 4.79 Å². The van der Waals surface area contributed by atoms with Gasteiger partial charge in [0.15, 0.2) is 0 Å². The molecule has 1 fully saturated rings. The van der Waals surface area contributed by atoms with E-state index in [-0.39, 0.29) is 23.9 Å². The fourth-order valence-corrected chi connectivity index (χ4v) is 3.80. The standard InChI is InChI=1S/C21H29N5O2/c1-4-16-17(21(28)25-24-18(16)5-2)13-23-20(27)15-8-10-26(11-9-15)19-7-6-14(3)12-22-19/h6-7,12,15H,4-5,8-11,13H2,1-3H3,(H,23,27)(H,25,28). The molecule has 0 spiro atoms. The van der Waals surface area contributed by atoms with E-state index in [1.807, 2.05) is 33.0 Å². The molecule has 1 aliphatic rings. The summed E-state index contributed by atoms with van der Waals surface area (Å²) < 4.78 is 0. The van der Waals surface area contributed by atoms with E-state index in [2.05, 4.69) is 31.5 Å². The number of aromatic amines is 1. The van der Waals surface area contributed by atoms with Crippen LogP contribution in [0.15, 0.2) is 23.1 Å². The summed E-state index contributed by atoms with van der Waals surface area (Å²) in [5, 5.41) is 9.66. The number of carbonyl (C=O) groups excluding carboxylic acids is 1. The summed E-state index contributed by atoms with van der Waals surface area (Å²) in [6.07, 6.45) is 4.93. The lowest BCUT2D eigenvalue weighted by Crippen LogP contribution is -2.41. The third-order valence-corrected chi connectivity index (χ3v) is 5.49. The Morgan fingerprint density at radius 1 is 1.21 bits per heavy atom. The molecule has 7 nitrogen and oxygen atoms in total. The van der Waals surface area contributed by atoms with Crippen LogP contribution in [0.25, 0.3) is 0 Å². The average molecular weight is 383 g/mol. The highest BCUT2D eigenvalue weighted by Crippen LogP contribution is 2.22. The number of hydrogen-bond acceptors (Lipinski definition) is 5. The summed E-state index contributed by atoms with van der Waals surface area (Å²) in [5.74, 6) is 0.957. The number of rotatable bonds is 6. The van der Waals surface area contributed by atoms with Crippen molar-refractivity contribution in [2.45, 2.75) is 53.0 Å². The number of H-pyrrole nitrogens is 1. The first-order valence-electron chi connectivity index (χ1n) is 10.1. The van der Waals surface area contributed by atoms with E-state index < -0.39 is 0 Å². The number of nitrogens with one attached hydrogen (secondary N) is 2. The summed E-state index contributed by atoms with van der Waals surface area (Å²) in [6, 6.07) is 4.09. The van der Waals surface area contributed by atoms with Crippen LogP contribution in [0.1, 0.15) is 49.1 Å². The highest BCUT2D eigenvalue weighted by atomic mass is 16.2. The van der Waals surface area contributed by atoms with E-state index in [4.69, 9.17) is 0 Å². The second kappa shape index (κ2) is 8.99. The smallest absolute Gasteiger partial charge is 0.269 e. The van der Waals surface area contributed by atoms with Crippen LogP contribution < -0.4 is 15.8 Å². The number of anilines is 1. The largest absolute Gasteiger partial charge is 0.357 e. The van der Waals surface area contributed by atoms with E-state index in [0.29, 0.717) is 5.56 Å². The predicted molar refractivity (Wildman–Crippen MR) is 109 cm³/mol. The maximum absolute atomic E-state index is 12.7. The molecular weight excluding hydrogens is 354 g/mol. The zero-order valence-corrected chi connectivity index (χ0v) is 16.9. The van der Waals surface area contributed by atoms with Crippen molar-refractivity contribution >= 4 is 11.7 Å². The topological polar surface area (TPSA) is 91.0 Å². The van der Waals surface area contributed by atoms with Crippen molar-refractivity contribution in [1.29, 1.82) is 0 Å². The van der Waals surface area contributed by atoms with Gasteiger partial charge in [-0.2, -0.15) is 5.10 Å². The number of nitrogens with zero attached hydrogens (tertiary/aromatic N) is 3. The fourth-order valence-electron chi connectivity index (χ4n) is 3.80. The predicted octanol–water partition coefficient (Wildman–Crippen LogP) is 2.13. The summed E-state index contributed by atoms with van der Waals surface area (Å²) in [4.78, 5) is 31.5. The lowest BCUT2D eigenvalue weighted by molar-refractivity contribution is -0.125. The second-order valence-electron chi connectivity index (χ2n) is 7.34. The van der Waals surface area contributed by atoms with Gasteiger partial charge >= 0.3 is 0 Å². The molecule has 28 heavy (non-hydrogen) atoms. The van der Waals surface area contributed by atoms with Crippen molar-refractivity contribution in [3.63, 3.8) is 0 Å². The summed E-state index contributed by atoms with van der Waals surface area (Å²) in [5.41, 5.74) is 3.40. The first-order valence-corrected chi connectivity index (χ1v) is 10.1. The average Bonchev–Trinajstić information content (AvgIpc) is 2.73. The molecule has 0 aromatic carbocycles. The maximum atomic E-state index is 12.7. The highest BCUT2D eigenvalue weighted by molar-refractivity contribution is 5.79. The Bertz CT molecular complexity index is 867. The number of amides is 1. The van der Waals surface area contributed by atoms with Crippen LogP contribution >= 0.6 is 0 Å². The van der Waals surface area contributed by atoms with Crippen LogP contribution in [0.2, 0.25) is 0 Å². The summed E-state index contributed by atoms with van der Waals surface area (Å²) in [6.45, 7) is 7.92. The molecule has 7 heteroatoms. The first kappa shape index (κ1) is 20.0. The van der Waals surface area contributed by atoms with Crippen LogP contribution in [0.5, 0.6) is 0 Å². The Labute approximate surface area is 165 Å². The molecule has 2 aromatic rings. The Morgan fingerprint density at radius 2 is 1.96 bits per heavy atom. The molecule has 0 radical (unpaired) electrons. The molecule has 2 aromatic heterocycles. The van der Waals surface area contributed by atoms with Crippen LogP contribution in [0.4, 0.5) is 5.82 Å². The molecule has 1 amide bonds. The molecule has 0 unspecified atom stereocenters. The SMILES string of the molecule is CCc1n[nH]c(=O)c(CNC(=O)C2CCN(c3ccc(C)cn3)CC2)c1CC. The van der Waals surface area contributed by atoms with Gasteiger partial charge in [0.2, 0.25) is 5.91 Å². The Morgan fingerprint density at radius 3 is 2.57 bits per heavy atom. The molecule has 0 atom stereocenters. The lowest BCUT2D eigenvalue weighted by atomic mass is 9.95. The molecule has 2 N–H and O–H groups in total. The van der Waals surface area contributed by atoms with Crippen LogP contribution in [-0.2, 0) is 24.2 Å². The van der Waals surface area contributed by atoms with Gasteiger partial charge in [-0.05, 0) is 49.8 Å². The maximum Gasteiger partial charge on any atom is 0.269 e. The molecule has 0 bridgehead atoms. The van der Waals surface area contributed by atoms with E-state index in [1.165, 1.54) is 0 Å². The van der Waals surface area contributed by atoms with Crippen LogP contribution in [0, 0.1) is 12.8 Å². The minimum absolute atomic E-state index is 0.0211. The van der Waals surface area contributed by atoms with Gasteiger partial charge in [0.25, 0.3) is 5.56 Å². The van der Waals surface area contributed by atoms with Crippen LogP contribution in [0.3, 0.4) is 0 Å². The third kappa shape index (κ3) is 4.40. The first-order chi connectivity index (χ1) is 13.5. The molecule has 150 valence electrons. The van der Waals surface area contributed by atoms with Gasteiger partial charge in [-0.1, -0.05) is 19.9 Å². The van der Waals surface area contributed by atoms with Gasteiger partial charge in [0.1, 0.15) is 5.82 Å². The normalized spacial score (nSPS) is 14.9. The molecule has 0 aliphatic carbocycles. The van der Waals surface area contributed by atoms with Crippen molar-refractivity contribution in [2.24, 2.45) is 5.92 Å². The monoisotopic (exact) mass is 383 g/mol. The van der Waals surface area contributed by atoms with Gasteiger partial charge in [0.05, 0.1) is 5.69 Å². The fraction of sp³-hybridized carbons (Fsp3) is 0.524. The molecule has 1 saturated heterocycles. The summed E-state index contributed by atoms with van der Waals surface area (Å²) in [7, 11) is 0. The third-order valence-electron chi connectivity index (χ3n) is 5.49. The quantitative estimate of drug-likeness (QED) is 0.797. The van der Waals surface area contributed by atoms with E-state index in [9.17, 15) is 9.59 Å². The zero-order valence-electron chi connectivity index (χ0n) is 16.9. The van der Waals surface area contributed by atoms with Crippen LogP contribution in [-0.4, -0.2) is 34.2 Å². The lowest BCUT2D eigenvalue weighted by Gasteiger charge is -2.32. The molecule has 1 aliphatic heterocycles. The second-order valence-corrected chi connectivity index (χ2v) is 7.34. The Kier molecular flexibility index (Phi) is 6.44. The van der Waals surface area contributed by atoms with Crippen molar-refractivity contribution in [3.05, 3.63) is 51.1 Å². The number of pyridine rings is 1. The molecular formula is C21H29N5O2. The van der Waals surface area contributed by atoms with E-state index in [1.54, 1.807) is 0 Å². The van der Waals surface area contributed by atoms with Crippen molar-refractivity contribution in [3.8, 4) is 0 Å². The van der Waals surface area contributed by atoms with Gasteiger partial charge in [-0.25, -0.2) is 10.1 Å². The molecule has 3 rings (SSSR count). The van der Waals surface area contributed by atoms with E-state index in [0.717, 1.165) is 61.4 Å². The number of carbonyl (C=O) groups is 1. The van der Waals surface area contributed by atoms with Crippen molar-refractivity contribution in [2.75, 3.05) is 18.0 Å². The number of aromatic nitrogens is 3. The molecule has 3 heterocycles. The highest BCUT2D eigenvalue weighted by Gasteiger charge is 2.26. The summed E-state index contributed by atoms with van der Waals surface area (Å²) >= 11 is 0. The Balaban J connectivity index is 1.58. The number of aryl methyl sites for hydroxylation is 2. The van der Waals surface area contributed by atoms with E-state index >= 15 is 0 Å². The number of piperidine rings is 1.